The molecular weight excluding hydrogens is 292 g/mol. The van der Waals surface area contributed by atoms with E-state index in [1.54, 1.807) is 0 Å². The second-order valence-electron chi connectivity index (χ2n) is 5.75. The van der Waals surface area contributed by atoms with Crippen LogP contribution in [0.4, 0.5) is 17.3 Å². The fraction of sp³-hybridized carbons (Fsp3) is 0.353. The van der Waals surface area contributed by atoms with E-state index in [-0.39, 0.29) is 5.92 Å². The summed E-state index contributed by atoms with van der Waals surface area (Å²) in [6, 6.07) is 11.9. The summed E-state index contributed by atoms with van der Waals surface area (Å²) in [4.78, 5) is 23.9. The Balaban J connectivity index is 1.81. The number of aliphatic carboxylic acids is 1. The lowest BCUT2D eigenvalue weighted by atomic mass is 9.98. The third-order valence-electron chi connectivity index (χ3n) is 4.22. The fourth-order valence-electron chi connectivity index (χ4n) is 2.86. The number of rotatable bonds is 4. The van der Waals surface area contributed by atoms with Crippen LogP contribution in [0.1, 0.15) is 12.8 Å². The molecule has 1 saturated heterocycles. The van der Waals surface area contributed by atoms with Crippen LogP contribution in [0.15, 0.2) is 42.7 Å². The standard InChI is InChI=1S/C17H20N4O2/c1-20(14-7-3-2-4-8-14)15-10-16(19-12-18-15)21-9-5-6-13(11-21)17(22)23/h2-4,7-8,10,12-13H,5-6,9,11H2,1H3,(H,22,23). The van der Waals surface area contributed by atoms with Crippen molar-refractivity contribution in [3.63, 3.8) is 0 Å². The van der Waals surface area contributed by atoms with Gasteiger partial charge in [0.25, 0.3) is 0 Å². The van der Waals surface area contributed by atoms with Crippen molar-refractivity contribution in [3.05, 3.63) is 42.7 Å². The van der Waals surface area contributed by atoms with Gasteiger partial charge in [-0.25, -0.2) is 9.97 Å². The lowest BCUT2D eigenvalue weighted by Gasteiger charge is -2.32. The third-order valence-corrected chi connectivity index (χ3v) is 4.22. The van der Waals surface area contributed by atoms with Gasteiger partial charge >= 0.3 is 5.97 Å². The summed E-state index contributed by atoms with van der Waals surface area (Å²) >= 11 is 0. The summed E-state index contributed by atoms with van der Waals surface area (Å²) in [6.07, 6.45) is 3.13. The molecule has 1 fully saturated rings. The summed E-state index contributed by atoms with van der Waals surface area (Å²) in [6.45, 7) is 1.33. The Labute approximate surface area is 135 Å². The molecule has 1 aromatic carbocycles. The first kappa shape index (κ1) is 15.3. The van der Waals surface area contributed by atoms with Crippen LogP contribution in [0.5, 0.6) is 0 Å². The van der Waals surface area contributed by atoms with Crippen molar-refractivity contribution >= 4 is 23.3 Å². The monoisotopic (exact) mass is 312 g/mol. The van der Waals surface area contributed by atoms with E-state index in [9.17, 15) is 9.90 Å². The highest BCUT2D eigenvalue weighted by molar-refractivity contribution is 5.71. The van der Waals surface area contributed by atoms with Gasteiger partial charge in [-0.1, -0.05) is 18.2 Å². The topological polar surface area (TPSA) is 69.6 Å². The van der Waals surface area contributed by atoms with Gasteiger partial charge in [-0.2, -0.15) is 0 Å². The first-order valence-corrected chi connectivity index (χ1v) is 7.74. The molecule has 1 atom stereocenters. The quantitative estimate of drug-likeness (QED) is 0.935. The molecule has 120 valence electrons. The SMILES string of the molecule is CN(c1ccccc1)c1cc(N2CCCC(C(=O)O)C2)ncn1. The van der Waals surface area contributed by atoms with E-state index in [4.69, 9.17) is 0 Å². The van der Waals surface area contributed by atoms with Crippen LogP contribution in [0, 0.1) is 5.92 Å². The van der Waals surface area contributed by atoms with Crippen molar-refractivity contribution in [1.82, 2.24) is 9.97 Å². The number of para-hydroxylation sites is 1. The van der Waals surface area contributed by atoms with Crippen LogP contribution in [0.2, 0.25) is 0 Å². The zero-order chi connectivity index (χ0) is 16.2. The maximum atomic E-state index is 11.2. The average Bonchev–Trinajstić information content (AvgIpc) is 2.62. The Morgan fingerprint density at radius 3 is 2.83 bits per heavy atom. The molecule has 23 heavy (non-hydrogen) atoms. The first-order chi connectivity index (χ1) is 11.1. The van der Waals surface area contributed by atoms with E-state index in [2.05, 4.69) is 9.97 Å². The Bertz CT molecular complexity index is 677. The van der Waals surface area contributed by atoms with Gasteiger partial charge in [0.1, 0.15) is 18.0 Å². The maximum absolute atomic E-state index is 11.2. The van der Waals surface area contributed by atoms with Crippen molar-refractivity contribution < 1.29 is 9.90 Å². The fourth-order valence-corrected chi connectivity index (χ4v) is 2.86. The Morgan fingerprint density at radius 2 is 2.09 bits per heavy atom. The predicted octanol–water partition coefficient (Wildman–Crippen LogP) is 2.55. The molecule has 0 spiro atoms. The summed E-state index contributed by atoms with van der Waals surface area (Å²) < 4.78 is 0. The predicted molar refractivity (Wildman–Crippen MR) is 89.1 cm³/mol. The highest BCUT2D eigenvalue weighted by atomic mass is 16.4. The highest BCUT2D eigenvalue weighted by Gasteiger charge is 2.26. The zero-order valence-corrected chi connectivity index (χ0v) is 13.1. The van der Waals surface area contributed by atoms with Gasteiger partial charge in [0.2, 0.25) is 0 Å². The molecule has 1 aromatic heterocycles. The minimum absolute atomic E-state index is 0.325. The van der Waals surface area contributed by atoms with Crippen LogP contribution >= 0.6 is 0 Å². The lowest BCUT2D eigenvalue weighted by molar-refractivity contribution is -0.141. The van der Waals surface area contributed by atoms with Crippen molar-refractivity contribution in [2.45, 2.75) is 12.8 Å². The number of benzene rings is 1. The number of hydrogen-bond acceptors (Lipinski definition) is 5. The molecule has 0 aliphatic carbocycles. The number of piperidine rings is 1. The second kappa shape index (κ2) is 6.64. The Kier molecular flexibility index (Phi) is 4.41. The van der Waals surface area contributed by atoms with Crippen molar-refractivity contribution in [2.24, 2.45) is 5.92 Å². The van der Waals surface area contributed by atoms with E-state index >= 15 is 0 Å². The number of hydrogen-bond donors (Lipinski definition) is 1. The Hall–Kier alpha value is -2.63. The van der Waals surface area contributed by atoms with Crippen LogP contribution in [-0.4, -0.2) is 41.2 Å². The lowest BCUT2D eigenvalue weighted by Crippen LogP contribution is -2.39. The largest absolute Gasteiger partial charge is 0.481 e. The molecule has 0 radical (unpaired) electrons. The van der Waals surface area contributed by atoms with Gasteiger partial charge in [-0.05, 0) is 25.0 Å². The summed E-state index contributed by atoms with van der Waals surface area (Å²) in [5.41, 5.74) is 1.04. The molecule has 1 aliphatic heterocycles. The molecule has 2 aromatic rings. The number of carbonyl (C=O) groups is 1. The number of anilines is 3. The van der Waals surface area contributed by atoms with E-state index in [1.807, 2.05) is 53.2 Å². The van der Waals surface area contributed by atoms with E-state index < -0.39 is 5.97 Å². The van der Waals surface area contributed by atoms with Gasteiger partial charge < -0.3 is 14.9 Å². The molecule has 6 heteroatoms. The molecule has 1 unspecified atom stereocenters. The number of carboxylic acid groups (broad SMARTS) is 1. The molecule has 0 bridgehead atoms. The first-order valence-electron chi connectivity index (χ1n) is 7.74. The molecule has 0 saturated carbocycles. The normalized spacial score (nSPS) is 17.8. The molecule has 2 heterocycles. The molecule has 1 N–H and O–H groups in total. The number of carboxylic acids is 1. The van der Waals surface area contributed by atoms with Gasteiger partial charge in [-0.3, -0.25) is 4.79 Å². The van der Waals surface area contributed by atoms with Gasteiger partial charge in [0, 0.05) is 31.9 Å². The van der Waals surface area contributed by atoms with E-state index in [0.29, 0.717) is 6.54 Å². The third kappa shape index (κ3) is 3.41. The van der Waals surface area contributed by atoms with Crippen LogP contribution in [0.3, 0.4) is 0 Å². The molecular formula is C17H20N4O2. The zero-order valence-electron chi connectivity index (χ0n) is 13.1. The van der Waals surface area contributed by atoms with E-state index in [1.165, 1.54) is 6.33 Å². The summed E-state index contributed by atoms with van der Waals surface area (Å²) in [5, 5.41) is 9.23. The molecule has 0 amide bonds. The van der Waals surface area contributed by atoms with Crippen LogP contribution in [-0.2, 0) is 4.79 Å². The average molecular weight is 312 g/mol. The van der Waals surface area contributed by atoms with Crippen LogP contribution in [0.25, 0.3) is 0 Å². The van der Waals surface area contributed by atoms with E-state index in [0.717, 1.165) is 36.7 Å². The number of aromatic nitrogens is 2. The summed E-state index contributed by atoms with van der Waals surface area (Å²) in [7, 11) is 1.96. The Morgan fingerprint density at radius 1 is 1.30 bits per heavy atom. The number of nitrogens with zero attached hydrogens (tertiary/aromatic N) is 4. The minimum atomic E-state index is -0.731. The van der Waals surface area contributed by atoms with Crippen molar-refractivity contribution in [2.75, 3.05) is 29.9 Å². The van der Waals surface area contributed by atoms with Gasteiger partial charge in [-0.15, -0.1) is 0 Å². The van der Waals surface area contributed by atoms with Crippen molar-refractivity contribution in [3.8, 4) is 0 Å². The van der Waals surface area contributed by atoms with Gasteiger partial charge in [0.15, 0.2) is 0 Å². The highest BCUT2D eigenvalue weighted by Crippen LogP contribution is 2.26. The maximum Gasteiger partial charge on any atom is 0.308 e. The summed E-state index contributed by atoms with van der Waals surface area (Å²) in [5.74, 6) is 0.516. The van der Waals surface area contributed by atoms with Crippen molar-refractivity contribution in [1.29, 1.82) is 0 Å². The van der Waals surface area contributed by atoms with Crippen LogP contribution < -0.4 is 9.80 Å². The smallest absolute Gasteiger partial charge is 0.308 e. The molecule has 3 rings (SSSR count). The molecule has 6 nitrogen and oxygen atoms in total. The second-order valence-corrected chi connectivity index (χ2v) is 5.75. The van der Waals surface area contributed by atoms with Gasteiger partial charge in [0.05, 0.1) is 5.92 Å². The molecule has 1 aliphatic rings. The minimum Gasteiger partial charge on any atom is -0.481 e.